The van der Waals surface area contributed by atoms with Crippen molar-refractivity contribution in [2.24, 2.45) is 7.05 Å². The Kier molecular flexibility index (Phi) is 3.20. The Hall–Kier alpha value is -0.980. The first-order valence-electron chi connectivity index (χ1n) is 5.25. The molecule has 0 aliphatic carbocycles. The van der Waals surface area contributed by atoms with E-state index >= 15 is 0 Å². The van der Waals surface area contributed by atoms with Crippen LogP contribution in [-0.2, 0) is 7.05 Å². The fraction of sp³-hybridized carbons (Fsp3) is 0.600. The number of piperidine rings is 1. The Labute approximate surface area is 106 Å². The van der Waals surface area contributed by atoms with Crippen LogP contribution >= 0.6 is 15.9 Å². The summed E-state index contributed by atoms with van der Waals surface area (Å²) in [7, 11) is 1.70. The van der Waals surface area contributed by atoms with E-state index in [1.54, 1.807) is 7.05 Å². The van der Waals surface area contributed by atoms with Crippen molar-refractivity contribution < 1.29 is 13.6 Å². The Morgan fingerprint density at radius 3 is 2.53 bits per heavy atom. The summed E-state index contributed by atoms with van der Waals surface area (Å²) in [5.41, 5.74) is 0.415. The molecule has 0 spiro atoms. The molecule has 1 aliphatic heterocycles. The van der Waals surface area contributed by atoms with Crippen molar-refractivity contribution in [3.8, 4) is 0 Å². The minimum absolute atomic E-state index is 0.0904. The van der Waals surface area contributed by atoms with Gasteiger partial charge in [0.1, 0.15) is 4.60 Å². The predicted molar refractivity (Wildman–Crippen MR) is 61.0 cm³/mol. The summed E-state index contributed by atoms with van der Waals surface area (Å²) in [6.45, 7) is 0.181. The highest BCUT2D eigenvalue weighted by Crippen LogP contribution is 2.29. The zero-order valence-corrected chi connectivity index (χ0v) is 10.9. The SMILES string of the molecule is Cn1ncc(C(=O)N2CCC(F)(F)CC2)c1Br. The molecule has 1 saturated heterocycles. The molecule has 94 valence electrons. The lowest BCUT2D eigenvalue weighted by Crippen LogP contribution is -2.42. The number of hydrogen-bond acceptors (Lipinski definition) is 2. The van der Waals surface area contributed by atoms with Crippen LogP contribution in [-0.4, -0.2) is 39.6 Å². The van der Waals surface area contributed by atoms with Crippen LogP contribution in [0, 0.1) is 0 Å². The molecule has 1 aromatic rings. The van der Waals surface area contributed by atoms with Gasteiger partial charge in [-0.15, -0.1) is 0 Å². The molecule has 0 N–H and O–H groups in total. The first-order valence-corrected chi connectivity index (χ1v) is 6.04. The molecular formula is C10H12BrF2N3O. The summed E-state index contributed by atoms with van der Waals surface area (Å²) in [5.74, 6) is -2.89. The van der Waals surface area contributed by atoms with Crippen molar-refractivity contribution >= 4 is 21.8 Å². The van der Waals surface area contributed by atoms with Crippen molar-refractivity contribution in [2.75, 3.05) is 13.1 Å². The number of carbonyl (C=O) groups is 1. The summed E-state index contributed by atoms with van der Waals surface area (Å²) in [4.78, 5) is 13.5. The molecule has 0 aromatic carbocycles. The van der Waals surface area contributed by atoms with E-state index < -0.39 is 5.92 Å². The second kappa shape index (κ2) is 4.36. The molecule has 0 radical (unpaired) electrons. The van der Waals surface area contributed by atoms with Crippen LogP contribution in [0.1, 0.15) is 23.2 Å². The smallest absolute Gasteiger partial charge is 0.258 e. The molecule has 7 heteroatoms. The summed E-state index contributed by atoms with van der Waals surface area (Å²) >= 11 is 3.24. The van der Waals surface area contributed by atoms with E-state index in [4.69, 9.17) is 0 Å². The van der Waals surface area contributed by atoms with E-state index in [0.717, 1.165) is 0 Å². The van der Waals surface area contributed by atoms with Crippen LogP contribution in [0.15, 0.2) is 10.8 Å². The lowest BCUT2D eigenvalue weighted by Gasteiger charge is -2.31. The Morgan fingerprint density at radius 2 is 2.06 bits per heavy atom. The Balaban J connectivity index is 2.10. The van der Waals surface area contributed by atoms with Crippen LogP contribution in [0.25, 0.3) is 0 Å². The molecule has 1 aliphatic rings. The molecule has 17 heavy (non-hydrogen) atoms. The van der Waals surface area contributed by atoms with Crippen molar-refractivity contribution in [3.63, 3.8) is 0 Å². The molecule has 0 unspecified atom stereocenters. The molecule has 0 saturated carbocycles. The standard InChI is InChI=1S/C10H12BrF2N3O/c1-15-8(11)7(6-14-15)9(17)16-4-2-10(12,13)3-5-16/h6H,2-5H2,1H3. The highest BCUT2D eigenvalue weighted by molar-refractivity contribution is 9.10. The van der Waals surface area contributed by atoms with Crippen LogP contribution in [0.4, 0.5) is 8.78 Å². The van der Waals surface area contributed by atoms with Gasteiger partial charge in [-0.05, 0) is 15.9 Å². The third-order valence-corrected chi connectivity index (χ3v) is 3.82. The van der Waals surface area contributed by atoms with Crippen molar-refractivity contribution in [3.05, 3.63) is 16.4 Å². The molecular weight excluding hydrogens is 296 g/mol. The number of hydrogen-bond donors (Lipinski definition) is 0. The molecule has 1 fully saturated rings. The van der Waals surface area contributed by atoms with E-state index in [0.29, 0.717) is 10.2 Å². The summed E-state index contributed by atoms with van der Waals surface area (Å²) in [6.07, 6.45) is 0.909. The maximum Gasteiger partial charge on any atom is 0.258 e. The van der Waals surface area contributed by atoms with Crippen LogP contribution < -0.4 is 0 Å². The van der Waals surface area contributed by atoms with Gasteiger partial charge in [-0.25, -0.2) is 8.78 Å². The second-order valence-corrected chi connectivity index (χ2v) is 4.87. The predicted octanol–water partition coefficient (Wildman–Crippen LogP) is 2.05. The van der Waals surface area contributed by atoms with Crippen molar-refractivity contribution in [2.45, 2.75) is 18.8 Å². The van der Waals surface area contributed by atoms with Gasteiger partial charge in [-0.1, -0.05) is 0 Å². The summed E-state index contributed by atoms with van der Waals surface area (Å²) < 4.78 is 28.0. The topological polar surface area (TPSA) is 38.1 Å². The van der Waals surface area contributed by atoms with Crippen LogP contribution in [0.3, 0.4) is 0 Å². The van der Waals surface area contributed by atoms with Crippen LogP contribution in [0.2, 0.25) is 0 Å². The normalized spacial score (nSPS) is 19.4. The minimum Gasteiger partial charge on any atom is -0.338 e. The number of halogens is 3. The van der Waals surface area contributed by atoms with Crippen molar-refractivity contribution in [1.82, 2.24) is 14.7 Å². The number of aromatic nitrogens is 2. The number of aryl methyl sites for hydroxylation is 1. The zero-order chi connectivity index (χ0) is 12.6. The van der Waals surface area contributed by atoms with E-state index in [2.05, 4.69) is 21.0 Å². The monoisotopic (exact) mass is 307 g/mol. The fourth-order valence-corrected chi connectivity index (χ4v) is 2.14. The molecule has 0 bridgehead atoms. The first-order chi connectivity index (χ1) is 7.91. The van der Waals surface area contributed by atoms with Gasteiger partial charge in [0, 0.05) is 33.0 Å². The van der Waals surface area contributed by atoms with Gasteiger partial charge >= 0.3 is 0 Å². The van der Waals surface area contributed by atoms with E-state index in [-0.39, 0.29) is 31.8 Å². The number of nitrogens with zero attached hydrogens (tertiary/aromatic N) is 3. The maximum atomic E-state index is 13.0. The Bertz CT molecular complexity index is 437. The number of likely N-dealkylation sites (tertiary alicyclic amines) is 1. The first kappa shape index (κ1) is 12.5. The van der Waals surface area contributed by atoms with Gasteiger partial charge in [-0.3, -0.25) is 9.48 Å². The summed E-state index contributed by atoms with van der Waals surface area (Å²) in [6, 6.07) is 0. The minimum atomic E-state index is -2.64. The lowest BCUT2D eigenvalue weighted by atomic mass is 10.1. The highest BCUT2D eigenvalue weighted by atomic mass is 79.9. The number of amides is 1. The van der Waals surface area contributed by atoms with E-state index in [9.17, 15) is 13.6 Å². The average Bonchev–Trinajstić information content (AvgIpc) is 2.59. The molecule has 2 heterocycles. The van der Waals surface area contributed by atoms with Crippen LogP contribution in [0.5, 0.6) is 0 Å². The molecule has 1 amide bonds. The third kappa shape index (κ3) is 2.48. The Morgan fingerprint density at radius 1 is 1.47 bits per heavy atom. The van der Waals surface area contributed by atoms with E-state index in [1.165, 1.54) is 15.8 Å². The third-order valence-electron chi connectivity index (χ3n) is 2.88. The maximum absolute atomic E-state index is 13.0. The molecule has 1 aromatic heterocycles. The fourth-order valence-electron chi connectivity index (χ4n) is 1.77. The van der Waals surface area contributed by atoms with Crippen molar-refractivity contribution in [1.29, 1.82) is 0 Å². The highest BCUT2D eigenvalue weighted by Gasteiger charge is 2.36. The zero-order valence-electron chi connectivity index (χ0n) is 9.29. The molecule has 0 atom stereocenters. The van der Waals surface area contributed by atoms with Gasteiger partial charge in [0.05, 0.1) is 11.8 Å². The lowest BCUT2D eigenvalue weighted by molar-refractivity contribution is -0.0494. The van der Waals surface area contributed by atoms with Gasteiger partial charge < -0.3 is 4.90 Å². The second-order valence-electron chi connectivity index (χ2n) is 4.12. The summed E-state index contributed by atoms with van der Waals surface area (Å²) in [5, 5.41) is 3.93. The number of rotatable bonds is 1. The van der Waals surface area contributed by atoms with Gasteiger partial charge in [-0.2, -0.15) is 5.10 Å². The van der Waals surface area contributed by atoms with E-state index in [1.807, 2.05) is 0 Å². The number of alkyl halides is 2. The largest absolute Gasteiger partial charge is 0.338 e. The molecule has 4 nitrogen and oxygen atoms in total. The number of carbonyl (C=O) groups excluding carboxylic acids is 1. The quantitative estimate of drug-likeness (QED) is 0.796. The molecule has 2 rings (SSSR count). The van der Waals surface area contributed by atoms with Gasteiger partial charge in [0.15, 0.2) is 0 Å². The average molecular weight is 308 g/mol. The van der Waals surface area contributed by atoms with Gasteiger partial charge in [0.2, 0.25) is 0 Å². The van der Waals surface area contributed by atoms with Gasteiger partial charge in [0.25, 0.3) is 11.8 Å².